The fraction of sp³-hybridized carbons (Fsp3) is 0.371. The predicted octanol–water partition coefficient (Wildman–Crippen LogP) is 4.78. The number of aromatic amines is 1. The van der Waals surface area contributed by atoms with Crippen LogP contribution in [0.25, 0.3) is 10.9 Å². The summed E-state index contributed by atoms with van der Waals surface area (Å²) in [7, 11) is 0.367. The average molecular weight is 677 g/mol. The molecule has 0 unspecified atom stereocenters. The molecule has 0 bridgehead atoms. The van der Waals surface area contributed by atoms with Gasteiger partial charge in [0, 0.05) is 73.0 Å². The molecule has 1 fully saturated rings. The normalized spacial score (nSPS) is 18.6. The van der Waals surface area contributed by atoms with E-state index in [9.17, 15) is 18.0 Å². The van der Waals surface area contributed by atoms with Crippen molar-refractivity contribution < 1.29 is 18.0 Å². The third-order valence-electron chi connectivity index (χ3n) is 9.23. The number of rotatable bonds is 8. The van der Waals surface area contributed by atoms with Gasteiger partial charge in [0.15, 0.2) is 0 Å². The van der Waals surface area contributed by atoms with Gasteiger partial charge in [-0.05, 0) is 74.0 Å². The lowest BCUT2D eigenvalue weighted by Gasteiger charge is -2.39. The molecule has 47 heavy (non-hydrogen) atoms. The summed E-state index contributed by atoms with van der Waals surface area (Å²) in [5.74, 6) is -0.403. The SMILES string of the molecule is C[C@H](c1c[nH]c2ccccc12)[C@@H](NC(=O)N1CCN(S(=O)(=O)c2ccccc2)CC1)C(=O)N1C[C@@H](CN(C)C)Cc2cc(Cl)ccc21. The summed E-state index contributed by atoms with van der Waals surface area (Å²) >= 11 is 6.40. The molecule has 6 rings (SSSR count). The second-order valence-electron chi connectivity index (χ2n) is 12.8. The third kappa shape index (κ3) is 6.89. The van der Waals surface area contributed by atoms with Crippen molar-refractivity contribution in [1.29, 1.82) is 0 Å². The number of hydrogen-bond acceptors (Lipinski definition) is 5. The van der Waals surface area contributed by atoms with E-state index in [-0.39, 0.29) is 48.8 Å². The summed E-state index contributed by atoms with van der Waals surface area (Å²) in [5.41, 5.74) is 3.69. The number of carbonyl (C=O) groups is 2. The first kappa shape index (κ1) is 33.0. The van der Waals surface area contributed by atoms with Gasteiger partial charge in [-0.3, -0.25) is 4.79 Å². The van der Waals surface area contributed by atoms with Gasteiger partial charge in [-0.1, -0.05) is 54.9 Å². The van der Waals surface area contributed by atoms with E-state index in [1.54, 1.807) is 41.3 Å². The van der Waals surface area contributed by atoms with Crippen LogP contribution in [0, 0.1) is 5.92 Å². The highest BCUT2D eigenvalue weighted by molar-refractivity contribution is 7.89. The number of aromatic nitrogens is 1. The number of piperazine rings is 1. The zero-order chi connectivity index (χ0) is 33.3. The van der Waals surface area contributed by atoms with Crippen LogP contribution in [0.1, 0.15) is 24.0 Å². The Morgan fingerprint density at radius 1 is 1.00 bits per heavy atom. The van der Waals surface area contributed by atoms with Crippen molar-refractivity contribution in [3.63, 3.8) is 0 Å². The molecule has 0 saturated carbocycles. The Hall–Kier alpha value is -3.90. The maximum Gasteiger partial charge on any atom is 0.318 e. The Kier molecular flexibility index (Phi) is 9.61. The highest BCUT2D eigenvalue weighted by Crippen LogP contribution is 2.35. The summed E-state index contributed by atoms with van der Waals surface area (Å²) in [6, 6.07) is 20.6. The van der Waals surface area contributed by atoms with E-state index in [2.05, 4.69) is 15.2 Å². The molecule has 2 N–H and O–H groups in total. The van der Waals surface area contributed by atoms with E-state index < -0.39 is 22.1 Å². The molecule has 3 atom stereocenters. The van der Waals surface area contributed by atoms with Crippen molar-refractivity contribution in [1.82, 2.24) is 24.4 Å². The zero-order valence-corrected chi connectivity index (χ0v) is 28.5. The van der Waals surface area contributed by atoms with Crippen molar-refractivity contribution >= 4 is 50.2 Å². The number of H-pyrrole nitrogens is 1. The van der Waals surface area contributed by atoms with Gasteiger partial charge in [0.2, 0.25) is 15.9 Å². The quantitative estimate of drug-likeness (QED) is 0.279. The number of nitrogens with zero attached hydrogens (tertiary/aromatic N) is 4. The molecular formula is C35H41ClN6O4S. The van der Waals surface area contributed by atoms with Crippen LogP contribution in [0.4, 0.5) is 10.5 Å². The number of anilines is 1. The summed E-state index contributed by atoms with van der Waals surface area (Å²) in [5, 5.41) is 4.70. The maximum absolute atomic E-state index is 14.8. The van der Waals surface area contributed by atoms with Crippen LogP contribution < -0.4 is 10.2 Å². The molecule has 3 heterocycles. The topological polar surface area (TPSA) is 109 Å². The molecule has 4 aromatic rings. The van der Waals surface area contributed by atoms with Crippen molar-refractivity contribution in [3.05, 3.63) is 95.1 Å². The van der Waals surface area contributed by atoms with E-state index in [4.69, 9.17) is 11.6 Å². The Balaban J connectivity index is 1.27. The van der Waals surface area contributed by atoms with Crippen LogP contribution in [-0.4, -0.2) is 98.9 Å². The number of hydrogen-bond donors (Lipinski definition) is 2. The lowest BCUT2D eigenvalue weighted by atomic mass is 9.88. The molecule has 2 aliphatic rings. The summed E-state index contributed by atoms with van der Waals surface area (Å²) in [6.07, 6.45) is 2.71. The first-order valence-corrected chi connectivity index (χ1v) is 17.8. The second kappa shape index (κ2) is 13.7. The lowest BCUT2D eigenvalue weighted by Crippen LogP contribution is -2.59. The largest absolute Gasteiger partial charge is 0.361 e. The number of urea groups is 1. The van der Waals surface area contributed by atoms with Gasteiger partial charge >= 0.3 is 6.03 Å². The van der Waals surface area contributed by atoms with Gasteiger partial charge in [-0.15, -0.1) is 0 Å². The molecule has 0 spiro atoms. The number of sulfonamides is 1. The predicted molar refractivity (Wildman–Crippen MR) is 185 cm³/mol. The van der Waals surface area contributed by atoms with Crippen LogP contribution in [0.15, 0.2) is 83.9 Å². The Morgan fingerprint density at radius 3 is 2.43 bits per heavy atom. The summed E-state index contributed by atoms with van der Waals surface area (Å²) in [4.78, 5) is 37.7. The fourth-order valence-electron chi connectivity index (χ4n) is 6.88. The minimum atomic E-state index is -3.67. The van der Waals surface area contributed by atoms with E-state index in [1.807, 2.05) is 68.5 Å². The first-order chi connectivity index (χ1) is 22.5. The van der Waals surface area contributed by atoms with Crippen molar-refractivity contribution in [3.8, 4) is 0 Å². The van der Waals surface area contributed by atoms with Gasteiger partial charge in [0.1, 0.15) is 6.04 Å². The van der Waals surface area contributed by atoms with Gasteiger partial charge in [0.25, 0.3) is 0 Å². The lowest BCUT2D eigenvalue weighted by molar-refractivity contribution is -0.121. The number of carbonyl (C=O) groups excluding carboxylic acids is 2. The molecule has 1 saturated heterocycles. The Morgan fingerprint density at radius 2 is 1.70 bits per heavy atom. The smallest absolute Gasteiger partial charge is 0.318 e. The third-order valence-corrected chi connectivity index (χ3v) is 11.4. The van der Waals surface area contributed by atoms with Gasteiger partial charge in [-0.25, -0.2) is 13.2 Å². The van der Waals surface area contributed by atoms with Gasteiger partial charge < -0.3 is 25.0 Å². The number of fused-ring (bicyclic) bond motifs is 2. The highest BCUT2D eigenvalue weighted by atomic mass is 35.5. The fourth-order valence-corrected chi connectivity index (χ4v) is 8.51. The molecule has 3 aromatic carbocycles. The van der Waals surface area contributed by atoms with Crippen LogP contribution in [0.5, 0.6) is 0 Å². The van der Waals surface area contributed by atoms with Crippen molar-refractivity contribution in [2.45, 2.75) is 30.2 Å². The standard InChI is InChI=1S/C35H41ClN6O4S/c1-24(30-21-37-31-12-8-7-11-29(30)31)33(34(43)42-23-25(22-39(2)3)19-26-20-27(36)13-14-32(26)42)38-35(44)40-15-17-41(18-16-40)47(45,46)28-9-5-4-6-10-28/h4-14,20-21,24-25,33,37H,15-19,22-23H2,1-3H3,(H,38,44)/t24-,25-,33-/m1/s1. The minimum Gasteiger partial charge on any atom is -0.361 e. The zero-order valence-electron chi connectivity index (χ0n) is 26.9. The molecule has 12 heteroatoms. The summed E-state index contributed by atoms with van der Waals surface area (Å²) < 4.78 is 27.8. The van der Waals surface area contributed by atoms with E-state index in [0.29, 0.717) is 11.6 Å². The molecule has 0 aliphatic carbocycles. The van der Waals surface area contributed by atoms with Gasteiger partial charge in [0.05, 0.1) is 4.90 Å². The Bertz CT molecular complexity index is 1860. The molecule has 0 radical (unpaired) electrons. The number of halogens is 1. The van der Waals surface area contributed by atoms with E-state index in [1.165, 1.54) is 4.31 Å². The molecular weight excluding hydrogens is 636 g/mol. The first-order valence-electron chi connectivity index (χ1n) is 15.9. The number of amides is 3. The van der Waals surface area contributed by atoms with Crippen LogP contribution in [-0.2, 0) is 21.2 Å². The number of benzene rings is 3. The van der Waals surface area contributed by atoms with Crippen molar-refractivity contribution in [2.75, 3.05) is 58.3 Å². The van der Waals surface area contributed by atoms with Crippen molar-refractivity contribution in [2.24, 2.45) is 5.92 Å². The summed E-state index contributed by atoms with van der Waals surface area (Å²) in [6.45, 7) is 4.00. The second-order valence-corrected chi connectivity index (χ2v) is 15.1. The minimum absolute atomic E-state index is 0.160. The molecule has 3 amide bonds. The van der Waals surface area contributed by atoms with Gasteiger partial charge in [-0.2, -0.15) is 4.31 Å². The Labute approximate surface area is 281 Å². The highest BCUT2D eigenvalue weighted by Gasteiger charge is 2.39. The molecule has 2 aliphatic heterocycles. The monoisotopic (exact) mass is 676 g/mol. The molecule has 1 aromatic heterocycles. The molecule has 10 nitrogen and oxygen atoms in total. The van der Waals surface area contributed by atoms with E-state index in [0.717, 1.165) is 40.7 Å². The maximum atomic E-state index is 14.8. The van der Waals surface area contributed by atoms with Crippen LogP contribution >= 0.6 is 11.6 Å². The average Bonchev–Trinajstić information content (AvgIpc) is 3.50. The van der Waals surface area contributed by atoms with Crippen LogP contribution in [0.2, 0.25) is 5.02 Å². The number of para-hydroxylation sites is 1. The van der Waals surface area contributed by atoms with E-state index >= 15 is 0 Å². The van der Waals surface area contributed by atoms with Crippen LogP contribution in [0.3, 0.4) is 0 Å². The molecule has 248 valence electrons. The number of nitrogens with one attached hydrogen (secondary N) is 2.